The van der Waals surface area contributed by atoms with Gasteiger partial charge in [-0.3, -0.25) is 4.79 Å². The third-order valence-electron chi connectivity index (χ3n) is 4.75. The van der Waals surface area contributed by atoms with Crippen LogP contribution in [0.25, 0.3) is 0 Å². The number of nitrogens with zero attached hydrogens (tertiary/aromatic N) is 2. The number of morpholine rings is 1. The summed E-state index contributed by atoms with van der Waals surface area (Å²) in [5.74, 6) is 0.0391. The Balaban J connectivity index is 1.92. The van der Waals surface area contributed by atoms with Crippen molar-refractivity contribution in [2.75, 3.05) is 26.3 Å². The van der Waals surface area contributed by atoms with E-state index in [1.165, 1.54) is 0 Å². The molecule has 158 valence electrons. The fourth-order valence-corrected chi connectivity index (χ4v) is 3.12. The Morgan fingerprint density at radius 2 is 1.86 bits per heavy atom. The van der Waals surface area contributed by atoms with Crippen LogP contribution in [-0.2, 0) is 16.0 Å². The van der Waals surface area contributed by atoms with Gasteiger partial charge in [0.25, 0.3) is 0 Å². The number of phenols is 1. The van der Waals surface area contributed by atoms with E-state index >= 15 is 0 Å². The molecule has 1 saturated heterocycles. The van der Waals surface area contributed by atoms with E-state index in [0.29, 0.717) is 45.6 Å². The summed E-state index contributed by atoms with van der Waals surface area (Å²) >= 11 is 0. The van der Waals surface area contributed by atoms with Gasteiger partial charge in [0, 0.05) is 13.1 Å². The number of ether oxygens (including phenoxy) is 1. The van der Waals surface area contributed by atoms with Crippen LogP contribution in [0.15, 0.2) is 24.3 Å². The van der Waals surface area contributed by atoms with Crippen molar-refractivity contribution in [1.82, 2.24) is 15.5 Å². The van der Waals surface area contributed by atoms with Crippen molar-refractivity contribution in [2.24, 2.45) is 5.92 Å². The molecule has 0 aliphatic carbocycles. The molecule has 0 bridgehead atoms. The number of hydrogen-bond acceptors (Lipinski definition) is 5. The van der Waals surface area contributed by atoms with Crippen molar-refractivity contribution in [2.45, 2.75) is 45.2 Å². The molecule has 0 radical (unpaired) electrons. The Morgan fingerprint density at radius 3 is 2.45 bits per heavy atom. The second-order valence-corrected chi connectivity index (χ2v) is 7.63. The highest BCUT2D eigenvalue weighted by atomic mass is 16.5. The average molecular weight is 402 g/mol. The number of nitriles is 1. The molecule has 1 aliphatic rings. The van der Waals surface area contributed by atoms with Gasteiger partial charge in [-0.05, 0) is 42.9 Å². The molecule has 2 unspecified atom stereocenters. The zero-order valence-corrected chi connectivity index (χ0v) is 17.1. The molecule has 1 heterocycles. The first-order chi connectivity index (χ1) is 13.9. The monoisotopic (exact) mass is 402 g/mol. The fraction of sp³-hybridized carbons (Fsp3) is 0.571. The number of aryl methyl sites for hydroxylation is 1. The van der Waals surface area contributed by atoms with Crippen LogP contribution in [-0.4, -0.2) is 60.3 Å². The van der Waals surface area contributed by atoms with Gasteiger partial charge >= 0.3 is 6.03 Å². The van der Waals surface area contributed by atoms with E-state index in [9.17, 15) is 20.0 Å². The zero-order chi connectivity index (χ0) is 21.2. The van der Waals surface area contributed by atoms with E-state index < -0.39 is 12.1 Å². The average Bonchev–Trinajstić information content (AvgIpc) is 2.71. The van der Waals surface area contributed by atoms with Crippen molar-refractivity contribution in [3.8, 4) is 11.8 Å². The molecular weight excluding hydrogens is 372 g/mol. The summed E-state index contributed by atoms with van der Waals surface area (Å²) in [4.78, 5) is 26.9. The third kappa shape index (κ3) is 7.62. The molecule has 2 atom stereocenters. The highest BCUT2D eigenvalue weighted by Gasteiger charge is 2.27. The lowest BCUT2D eigenvalue weighted by atomic mass is 10.0. The summed E-state index contributed by atoms with van der Waals surface area (Å²) in [6.45, 7) is 5.93. The Kier molecular flexibility index (Phi) is 8.74. The van der Waals surface area contributed by atoms with Gasteiger partial charge in [0.2, 0.25) is 5.91 Å². The van der Waals surface area contributed by atoms with Gasteiger partial charge in [-0.25, -0.2) is 4.79 Å². The van der Waals surface area contributed by atoms with Crippen LogP contribution < -0.4 is 10.6 Å². The Hall–Kier alpha value is -2.79. The first-order valence-corrected chi connectivity index (χ1v) is 10.00. The van der Waals surface area contributed by atoms with Crippen LogP contribution >= 0.6 is 0 Å². The summed E-state index contributed by atoms with van der Waals surface area (Å²) in [6.07, 6.45) is 1.52. The summed E-state index contributed by atoms with van der Waals surface area (Å²) in [5.41, 5.74) is 0.969. The van der Waals surface area contributed by atoms with E-state index in [4.69, 9.17) is 4.74 Å². The number of hydrogen-bond donors (Lipinski definition) is 3. The standard InChI is InChI=1S/C21H30N4O4/c1-15(2)13-19(24-21(28)25-9-11-29-12-10-25)20(27)23-17(14-22)6-3-16-4-7-18(26)8-5-16/h4-5,7-8,15,17,19,26H,3,6,9-13H2,1-2H3,(H,23,27)(H,24,28). The van der Waals surface area contributed by atoms with Crippen LogP contribution in [0.5, 0.6) is 5.75 Å². The number of rotatable bonds is 8. The van der Waals surface area contributed by atoms with Crippen molar-refractivity contribution in [3.63, 3.8) is 0 Å². The molecule has 1 aromatic carbocycles. The largest absolute Gasteiger partial charge is 0.508 e. The number of phenolic OH excluding ortho intramolecular Hbond substituents is 1. The molecule has 8 heteroatoms. The first-order valence-electron chi connectivity index (χ1n) is 10.00. The topological polar surface area (TPSA) is 115 Å². The second kappa shape index (κ2) is 11.3. The van der Waals surface area contributed by atoms with Crippen LogP contribution in [0.4, 0.5) is 4.79 Å². The fourth-order valence-electron chi connectivity index (χ4n) is 3.12. The van der Waals surface area contributed by atoms with E-state index in [1.54, 1.807) is 29.2 Å². The maximum atomic E-state index is 12.8. The molecule has 1 fully saturated rings. The minimum atomic E-state index is -0.699. The molecule has 0 aromatic heterocycles. The lowest BCUT2D eigenvalue weighted by Crippen LogP contribution is -2.55. The molecule has 1 aromatic rings. The number of carbonyl (C=O) groups is 2. The lowest BCUT2D eigenvalue weighted by Gasteiger charge is -2.29. The first kappa shape index (κ1) is 22.5. The Bertz CT molecular complexity index is 708. The maximum Gasteiger partial charge on any atom is 0.318 e. The SMILES string of the molecule is CC(C)CC(NC(=O)N1CCOCC1)C(=O)NC(C#N)CCc1ccc(O)cc1. The predicted octanol–water partition coefficient (Wildman–Crippen LogP) is 1.79. The van der Waals surface area contributed by atoms with Gasteiger partial charge in [0.05, 0.1) is 19.3 Å². The molecule has 8 nitrogen and oxygen atoms in total. The van der Waals surface area contributed by atoms with E-state index in [-0.39, 0.29) is 23.6 Å². The van der Waals surface area contributed by atoms with Crippen LogP contribution in [0, 0.1) is 17.2 Å². The number of benzene rings is 1. The second-order valence-electron chi connectivity index (χ2n) is 7.63. The quantitative estimate of drug-likeness (QED) is 0.613. The van der Waals surface area contributed by atoms with E-state index in [1.807, 2.05) is 13.8 Å². The van der Waals surface area contributed by atoms with Crippen molar-refractivity contribution in [3.05, 3.63) is 29.8 Å². The van der Waals surface area contributed by atoms with Crippen LogP contribution in [0.1, 0.15) is 32.3 Å². The Morgan fingerprint density at radius 1 is 1.21 bits per heavy atom. The Labute approximate surface area is 171 Å². The number of amides is 3. The molecule has 3 amide bonds. The number of aromatic hydroxyl groups is 1. The molecule has 0 spiro atoms. The summed E-state index contributed by atoms with van der Waals surface area (Å²) < 4.78 is 5.25. The zero-order valence-electron chi connectivity index (χ0n) is 17.1. The van der Waals surface area contributed by atoms with Crippen molar-refractivity contribution in [1.29, 1.82) is 5.26 Å². The summed E-state index contributed by atoms with van der Waals surface area (Å²) in [7, 11) is 0. The highest BCUT2D eigenvalue weighted by molar-refractivity contribution is 5.87. The predicted molar refractivity (Wildman–Crippen MR) is 108 cm³/mol. The van der Waals surface area contributed by atoms with Crippen molar-refractivity contribution < 1.29 is 19.4 Å². The smallest absolute Gasteiger partial charge is 0.318 e. The number of urea groups is 1. The molecule has 1 aliphatic heterocycles. The van der Waals surface area contributed by atoms with Crippen molar-refractivity contribution >= 4 is 11.9 Å². The van der Waals surface area contributed by atoms with Gasteiger partial charge in [-0.15, -0.1) is 0 Å². The number of carbonyl (C=O) groups excluding carboxylic acids is 2. The van der Waals surface area contributed by atoms with Crippen LogP contribution in [0.3, 0.4) is 0 Å². The van der Waals surface area contributed by atoms with E-state index in [0.717, 1.165) is 5.56 Å². The minimum Gasteiger partial charge on any atom is -0.508 e. The maximum absolute atomic E-state index is 12.8. The molecule has 29 heavy (non-hydrogen) atoms. The summed E-state index contributed by atoms with van der Waals surface area (Å²) in [6, 6.07) is 7.23. The normalized spacial score (nSPS) is 16.0. The van der Waals surface area contributed by atoms with Gasteiger partial charge < -0.3 is 25.4 Å². The lowest BCUT2D eigenvalue weighted by molar-refractivity contribution is -0.123. The van der Waals surface area contributed by atoms with Gasteiger partial charge in [-0.1, -0.05) is 26.0 Å². The number of nitrogens with one attached hydrogen (secondary N) is 2. The molecular formula is C21H30N4O4. The van der Waals surface area contributed by atoms with E-state index in [2.05, 4.69) is 16.7 Å². The third-order valence-corrected chi connectivity index (χ3v) is 4.75. The van der Waals surface area contributed by atoms with Gasteiger partial charge in [0.15, 0.2) is 0 Å². The highest BCUT2D eigenvalue weighted by Crippen LogP contribution is 2.12. The summed E-state index contributed by atoms with van der Waals surface area (Å²) in [5, 5.41) is 24.3. The van der Waals surface area contributed by atoms with Crippen LogP contribution in [0.2, 0.25) is 0 Å². The minimum absolute atomic E-state index is 0.187. The van der Waals surface area contributed by atoms with Gasteiger partial charge in [-0.2, -0.15) is 5.26 Å². The van der Waals surface area contributed by atoms with Gasteiger partial charge in [0.1, 0.15) is 17.8 Å². The molecule has 3 N–H and O–H groups in total. The molecule has 2 rings (SSSR count). The molecule has 0 saturated carbocycles.